The molecule has 0 saturated heterocycles. The second kappa shape index (κ2) is 7.28. The second-order valence-electron chi connectivity index (χ2n) is 4.02. The van der Waals surface area contributed by atoms with Gasteiger partial charge in [-0.3, -0.25) is 0 Å². The SMILES string of the molecule is CCCc1nc(Br)cc(SCC(C)CC)n1. The van der Waals surface area contributed by atoms with Crippen LogP contribution in [-0.2, 0) is 6.42 Å². The third kappa shape index (κ3) is 4.83. The number of hydrogen-bond donors (Lipinski definition) is 0. The maximum Gasteiger partial charge on any atom is 0.130 e. The van der Waals surface area contributed by atoms with E-state index in [0.29, 0.717) is 0 Å². The van der Waals surface area contributed by atoms with Crippen molar-refractivity contribution in [2.45, 2.75) is 45.1 Å². The van der Waals surface area contributed by atoms with E-state index in [1.807, 2.05) is 17.8 Å². The minimum atomic E-state index is 0.744. The molecule has 0 amide bonds. The first-order chi connectivity index (χ1) is 7.65. The van der Waals surface area contributed by atoms with Crippen molar-refractivity contribution in [1.29, 1.82) is 0 Å². The highest BCUT2D eigenvalue weighted by atomic mass is 79.9. The van der Waals surface area contributed by atoms with E-state index in [9.17, 15) is 0 Å². The summed E-state index contributed by atoms with van der Waals surface area (Å²) in [5, 5.41) is 1.09. The molecule has 0 aliphatic carbocycles. The summed E-state index contributed by atoms with van der Waals surface area (Å²) in [6.45, 7) is 6.65. The monoisotopic (exact) mass is 302 g/mol. The molecule has 0 spiro atoms. The summed E-state index contributed by atoms with van der Waals surface area (Å²) in [7, 11) is 0. The third-order valence-corrected chi connectivity index (χ3v) is 4.05. The third-order valence-electron chi connectivity index (χ3n) is 2.40. The number of aryl methyl sites for hydroxylation is 1. The highest BCUT2D eigenvalue weighted by Gasteiger charge is 2.05. The molecule has 16 heavy (non-hydrogen) atoms. The Hall–Kier alpha value is -0.0900. The van der Waals surface area contributed by atoms with Gasteiger partial charge >= 0.3 is 0 Å². The molecule has 0 aliphatic rings. The molecule has 1 atom stereocenters. The Labute approximate surface area is 111 Å². The van der Waals surface area contributed by atoms with E-state index in [1.165, 1.54) is 6.42 Å². The van der Waals surface area contributed by atoms with Crippen molar-refractivity contribution in [1.82, 2.24) is 9.97 Å². The first kappa shape index (κ1) is 14.0. The van der Waals surface area contributed by atoms with Crippen LogP contribution in [0, 0.1) is 5.92 Å². The van der Waals surface area contributed by atoms with Gasteiger partial charge in [-0.15, -0.1) is 11.8 Å². The molecule has 0 fully saturated rings. The van der Waals surface area contributed by atoms with Gasteiger partial charge in [0.2, 0.25) is 0 Å². The van der Waals surface area contributed by atoms with Crippen LogP contribution in [0.4, 0.5) is 0 Å². The fourth-order valence-corrected chi connectivity index (χ4v) is 2.83. The Morgan fingerprint density at radius 2 is 2.12 bits per heavy atom. The molecule has 0 saturated carbocycles. The summed E-state index contributed by atoms with van der Waals surface area (Å²) in [6.07, 6.45) is 3.27. The molecule has 90 valence electrons. The molecule has 1 rings (SSSR count). The van der Waals surface area contributed by atoms with E-state index in [1.54, 1.807) is 0 Å². The van der Waals surface area contributed by atoms with Crippen molar-refractivity contribution in [2.75, 3.05) is 5.75 Å². The number of hydrogen-bond acceptors (Lipinski definition) is 3. The van der Waals surface area contributed by atoms with Crippen LogP contribution in [0.1, 0.15) is 39.4 Å². The number of halogens is 1. The van der Waals surface area contributed by atoms with Crippen molar-refractivity contribution in [3.8, 4) is 0 Å². The molecule has 4 heteroatoms. The summed E-state index contributed by atoms with van der Waals surface area (Å²) < 4.78 is 0.901. The Morgan fingerprint density at radius 3 is 2.75 bits per heavy atom. The molecule has 0 aromatic carbocycles. The smallest absolute Gasteiger partial charge is 0.130 e. The fourth-order valence-electron chi connectivity index (χ4n) is 1.20. The summed E-state index contributed by atoms with van der Waals surface area (Å²) in [5.74, 6) is 2.82. The maximum atomic E-state index is 4.55. The predicted molar refractivity (Wildman–Crippen MR) is 73.9 cm³/mol. The van der Waals surface area contributed by atoms with Crippen molar-refractivity contribution in [3.63, 3.8) is 0 Å². The fraction of sp³-hybridized carbons (Fsp3) is 0.667. The zero-order valence-electron chi connectivity index (χ0n) is 10.2. The minimum Gasteiger partial charge on any atom is -0.227 e. The van der Waals surface area contributed by atoms with E-state index in [-0.39, 0.29) is 0 Å². The standard InChI is InChI=1S/C12H19BrN2S/c1-4-6-11-14-10(13)7-12(15-11)16-8-9(3)5-2/h7,9H,4-6,8H2,1-3H3. The highest BCUT2D eigenvalue weighted by Crippen LogP contribution is 2.22. The first-order valence-corrected chi connectivity index (χ1v) is 7.59. The van der Waals surface area contributed by atoms with Gasteiger partial charge in [0.25, 0.3) is 0 Å². The Morgan fingerprint density at radius 1 is 1.38 bits per heavy atom. The second-order valence-corrected chi connectivity index (χ2v) is 5.87. The van der Waals surface area contributed by atoms with Crippen LogP contribution >= 0.6 is 27.7 Å². The van der Waals surface area contributed by atoms with Crippen LogP contribution in [0.3, 0.4) is 0 Å². The summed E-state index contributed by atoms with van der Waals surface area (Å²) in [6, 6.07) is 2.01. The average molecular weight is 303 g/mol. The number of thioether (sulfide) groups is 1. The lowest BCUT2D eigenvalue weighted by molar-refractivity contribution is 0.636. The van der Waals surface area contributed by atoms with Gasteiger partial charge in [-0.25, -0.2) is 9.97 Å². The van der Waals surface area contributed by atoms with Crippen LogP contribution in [-0.4, -0.2) is 15.7 Å². The molecular formula is C12H19BrN2S. The van der Waals surface area contributed by atoms with E-state index < -0.39 is 0 Å². The molecule has 1 aromatic rings. The normalized spacial score (nSPS) is 12.8. The summed E-state index contributed by atoms with van der Waals surface area (Å²) in [5.41, 5.74) is 0. The molecule has 0 bridgehead atoms. The van der Waals surface area contributed by atoms with E-state index in [2.05, 4.69) is 46.7 Å². The zero-order chi connectivity index (χ0) is 12.0. The predicted octanol–water partition coefficient (Wildman–Crippen LogP) is 4.33. The molecule has 0 N–H and O–H groups in total. The lowest BCUT2D eigenvalue weighted by atomic mass is 10.2. The van der Waals surface area contributed by atoms with Crippen LogP contribution in [0.15, 0.2) is 15.7 Å². The van der Waals surface area contributed by atoms with Gasteiger partial charge in [-0.05, 0) is 28.3 Å². The largest absolute Gasteiger partial charge is 0.227 e. The number of aromatic nitrogens is 2. The van der Waals surface area contributed by atoms with E-state index in [0.717, 1.165) is 40.0 Å². The molecule has 2 nitrogen and oxygen atoms in total. The van der Waals surface area contributed by atoms with Crippen molar-refractivity contribution >= 4 is 27.7 Å². The number of nitrogens with zero attached hydrogens (tertiary/aromatic N) is 2. The van der Waals surface area contributed by atoms with Crippen molar-refractivity contribution < 1.29 is 0 Å². The lowest BCUT2D eigenvalue weighted by Gasteiger charge is -2.08. The maximum absolute atomic E-state index is 4.55. The van der Waals surface area contributed by atoms with Crippen molar-refractivity contribution in [3.05, 3.63) is 16.5 Å². The van der Waals surface area contributed by atoms with Gasteiger partial charge in [0.05, 0.1) is 0 Å². The van der Waals surface area contributed by atoms with E-state index in [4.69, 9.17) is 0 Å². The summed E-state index contributed by atoms with van der Waals surface area (Å²) in [4.78, 5) is 8.91. The van der Waals surface area contributed by atoms with Gasteiger partial charge in [-0.1, -0.05) is 27.2 Å². The van der Waals surface area contributed by atoms with Gasteiger partial charge in [0, 0.05) is 18.2 Å². The highest BCUT2D eigenvalue weighted by molar-refractivity contribution is 9.10. The molecule has 0 radical (unpaired) electrons. The Bertz CT molecular complexity index is 331. The molecule has 0 aliphatic heterocycles. The molecule has 1 unspecified atom stereocenters. The Kier molecular flexibility index (Phi) is 6.36. The van der Waals surface area contributed by atoms with Crippen LogP contribution in [0.25, 0.3) is 0 Å². The average Bonchev–Trinajstić information content (AvgIpc) is 2.25. The quantitative estimate of drug-likeness (QED) is 0.578. The molecule has 1 aromatic heterocycles. The molecule has 1 heterocycles. The van der Waals surface area contributed by atoms with Crippen LogP contribution in [0.2, 0.25) is 0 Å². The van der Waals surface area contributed by atoms with Crippen molar-refractivity contribution in [2.24, 2.45) is 5.92 Å². The molecular weight excluding hydrogens is 284 g/mol. The minimum absolute atomic E-state index is 0.744. The van der Waals surface area contributed by atoms with Gasteiger partial charge in [0.1, 0.15) is 15.5 Å². The Balaban J connectivity index is 2.64. The van der Waals surface area contributed by atoms with Gasteiger partial charge in [0.15, 0.2) is 0 Å². The number of rotatable bonds is 6. The summed E-state index contributed by atoms with van der Waals surface area (Å²) >= 11 is 5.27. The topological polar surface area (TPSA) is 25.8 Å². The van der Waals surface area contributed by atoms with E-state index >= 15 is 0 Å². The lowest BCUT2D eigenvalue weighted by Crippen LogP contribution is -1.99. The first-order valence-electron chi connectivity index (χ1n) is 5.82. The van der Waals surface area contributed by atoms with Gasteiger partial charge in [-0.2, -0.15) is 0 Å². The zero-order valence-corrected chi connectivity index (χ0v) is 12.6. The van der Waals surface area contributed by atoms with Crippen LogP contribution in [0.5, 0.6) is 0 Å². The van der Waals surface area contributed by atoms with Gasteiger partial charge < -0.3 is 0 Å². The van der Waals surface area contributed by atoms with Crippen LogP contribution < -0.4 is 0 Å².